The summed E-state index contributed by atoms with van der Waals surface area (Å²) in [6.45, 7) is 6.90. The Morgan fingerprint density at radius 2 is 1.81 bits per heavy atom. The molecule has 2 nitrogen and oxygen atoms in total. The third-order valence-corrected chi connectivity index (χ3v) is 3.85. The van der Waals surface area contributed by atoms with Crippen LogP contribution in [0.25, 0.3) is 0 Å². The Hall–Kier alpha value is -1.38. The molecule has 0 spiro atoms. The van der Waals surface area contributed by atoms with Gasteiger partial charge < -0.3 is 10.1 Å². The van der Waals surface area contributed by atoms with Crippen LogP contribution in [0.3, 0.4) is 0 Å². The van der Waals surface area contributed by atoms with Gasteiger partial charge in [0.2, 0.25) is 0 Å². The van der Waals surface area contributed by atoms with Crippen molar-refractivity contribution in [1.82, 2.24) is 0 Å². The maximum Gasteiger partial charge on any atom is 0.138 e. The van der Waals surface area contributed by atoms with Crippen molar-refractivity contribution in [3.05, 3.63) is 57.6 Å². The molecule has 0 saturated heterocycles. The highest BCUT2D eigenvalue weighted by molar-refractivity contribution is 6.35. The molecule has 1 atom stereocenters. The van der Waals surface area contributed by atoms with Gasteiger partial charge in [0.05, 0.1) is 11.6 Å². The van der Waals surface area contributed by atoms with E-state index in [0.717, 1.165) is 5.69 Å². The molecular weight excluding hydrogens is 305 g/mol. The minimum absolute atomic E-state index is 0.00900. The second kappa shape index (κ2) is 7.06. The molecule has 2 aromatic rings. The van der Waals surface area contributed by atoms with E-state index in [0.29, 0.717) is 22.3 Å². The fraction of sp³-hybridized carbons (Fsp3) is 0.294. The maximum absolute atomic E-state index is 6.10. The monoisotopic (exact) mass is 323 g/mol. The molecule has 21 heavy (non-hydrogen) atoms. The van der Waals surface area contributed by atoms with Crippen LogP contribution in [-0.2, 0) is 0 Å². The molecule has 0 bridgehead atoms. The molecule has 0 saturated carbocycles. The number of halogens is 2. The molecule has 0 fully saturated rings. The Kier molecular flexibility index (Phi) is 5.38. The van der Waals surface area contributed by atoms with E-state index in [1.165, 1.54) is 11.1 Å². The highest BCUT2D eigenvalue weighted by atomic mass is 35.5. The van der Waals surface area contributed by atoms with Crippen molar-refractivity contribution in [2.75, 3.05) is 11.9 Å². The van der Waals surface area contributed by atoms with Gasteiger partial charge in [0, 0.05) is 10.7 Å². The standard InChI is InChI=1S/C17H19Cl2NO/c1-11-4-6-15(8-12(11)2)20-10-13(3)21-17-7-5-14(18)9-16(17)19/h4-9,13,20H,10H2,1-3H3. The number of hydrogen-bond acceptors (Lipinski definition) is 2. The molecule has 0 amide bonds. The fourth-order valence-electron chi connectivity index (χ4n) is 1.94. The van der Waals surface area contributed by atoms with Crippen LogP contribution in [0.1, 0.15) is 18.1 Å². The Bertz CT molecular complexity index is 628. The van der Waals surface area contributed by atoms with E-state index in [9.17, 15) is 0 Å². The summed E-state index contributed by atoms with van der Waals surface area (Å²) in [5.74, 6) is 0.649. The topological polar surface area (TPSA) is 21.3 Å². The molecule has 1 N–H and O–H groups in total. The van der Waals surface area contributed by atoms with Gasteiger partial charge in [-0.1, -0.05) is 29.3 Å². The molecule has 2 rings (SSSR count). The normalized spacial score (nSPS) is 12.0. The molecule has 0 aliphatic rings. The largest absolute Gasteiger partial charge is 0.487 e. The van der Waals surface area contributed by atoms with Gasteiger partial charge in [0.25, 0.3) is 0 Å². The van der Waals surface area contributed by atoms with Crippen molar-refractivity contribution in [3.63, 3.8) is 0 Å². The van der Waals surface area contributed by atoms with Crippen molar-refractivity contribution < 1.29 is 4.74 Å². The second-order valence-electron chi connectivity index (χ2n) is 5.18. The van der Waals surface area contributed by atoms with E-state index in [2.05, 4.69) is 37.4 Å². The molecule has 0 aliphatic carbocycles. The van der Waals surface area contributed by atoms with Gasteiger partial charge in [-0.05, 0) is 62.2 Å². The van der Waals surface area contributed by atoms with Gasteiger partial charge >= 0.3 is 0 Å². The van der Waals surface area contributed by atoms with E-state index in [-0.39, 0.29) is 6.10 Å². The second-order valence-corrected chi connectivity index (χ2v) is 6.03. The first-order valence-corrected chi connectivity index (χ1v) is 7.64. The minimum Gasteiger partial charge on any atom is -0.487 e. The average molecular weight is 324 g/mol. The SMILES string of the molecule is Cc1ccc(NCC(C)Oc2ccc(Cl)cc2Cl)cc1C. The molecule has 1 unspecified atom stereocenters. The number of aryl methyl sites for hydroxylation is 2. The highest BCUT2D eigenvalue weighted by Gasteiger charge is 2.08. The van der Waals surface area contributed by atoms with Crippen molar-refractivity contribution in [3.8, 4) is 5.75 Å². The van der Waals surface area contributed by atoms with Crippen molar-refractivity contribution in [2.24, 2.45) is 0 Å². The Morgan fingerprint density at radius 3 is 2.48 bits per heavy atom. The minimum atomic E-state index is -0.00900. The number of rotatable bonds is 5. The summed E-state index contributed by atoms with van der Waals surface area (Å²) in [5, 5.41) is 4.50. The fourth-order valence-corrected chi connectivity index (χ4v) is 2.40. The Balaban J connectivity index is 1.92. The zero-order valence-electron chi connectivity index (χ0n) is 12.4. The zero-order chi connectivity index (χ0) is 15.4. The lowest BCUT2D eigenvalue weighted by Gasteiger charge is -2.17. The van der Waals surface area contributed by atoms with Crippen LogP contribution in [0.15, 0.2) is 36.4 Å². The predicted octanol–water partition coefficient (Wildman–Crippen LogP) is 5.49. The number of hydrogen-bond donors (Lipinski definition) is 1. The number of nitrogens with one attached hydrogen (secondary N) is 1. The van der Waals surface area contributed by atoms with E-state index in [1.807, 2.05) is 6.92 Å². The molecule has 0 radical (unpaired) electrons. The lowest BCUT2D eigenvalue weighted by atomic mass is 10.1. The Labute approximate surface area is 136 Å². The first-order valence-electron chi connectivity index (χ1n) is 6.88. The third kappa shape index (κ3) is 4.55. The van der Waals surface area contributed by atoms with Crippen molar-refractivity contribution in [2.45, 2.75) is 26.9 Å². The van der Waals surface area contributed by atoms with Gasteiger partial charge in [-0.25, -0.2) is 0 Å². The highest BCUT2D eigenvalue weighted by Crippen LogP contribution is 2.28. The van der Waals surface area contributed by atoms with E-state index in [1.54, 1.807) is 18.2 Å². The van der Waals surface area contributed by atoms with Gasteiger partial charge in [0.1, 0.15) is 11.9 Å². The summed E-state index contributed by atoms with van der Waals surface area (Å²) in [7, 11) is 0. The average Bonchev–Trinajstić information content (AvgIpc) is 2.43. The third-order valence-electron chi connectivity index (χ3n) is 3.32. The van der Waals surface area contributed by atoms with Crippen LogP contribution < -0.4 is 10.1 Å². The molecular formula is C17H19Cl2NO. The molecule has 4 heteroatoms. The quantitative estimate of drug-likeness (QED) is 0.785. The lowest BCUT2D eigenvalue weighted by molar-refractivity contribution is 0.235. The van der Waals surface area contributed by atoms with Crippen LogP contribution in [0.5, 0.6) is 5.75 Å². The Morgan fingerprint density at radius 1 is 1.05 bits per heavy atom. The summed E-state index contributed by atoms with van der Waals surface area (Å²) in [5.41, 5.74) is 3.66. The molecule has 0 aliphatic heterocycles. The van der Waals surface area contributed by atoms with Crippen LogP contribution in [0.4, 0.5) is 5.69 Å². The van der Waals surface area contributed by atoms with Gasteiger partial charge in [-0.3, -0.25) is 0 Å². The molecule has 0 aromatic heterocycles. The van der Waals surface area contributed by atoms with Crippen molar-refractivity contribution in [1.29, 1.82) is 0 Å². The number of benzene rings is 2. The molecule has 0 heterocycles. The smallest absolute Gasteiger partial charge is 0.138 e. The lowest BCUT2D eigenvalue weighted by Crippen LogP contribution is -2.22. The van der Waals surface area contributed by atoms with Gasteiger partial charge in [0.15, 0.2) is 0 Å². The van der Waals surface area contributed by atoms with E-state index >= 15 is 0 Å². The van der Waals surface area contributed by atoms with Crippen molar-refractivity contribution >= 4 is 28.9 Å². The number of ether oxygens (including phenoxy) is 1. The predicted molar refractivity (Wildman–Crippen MR) is 91.0 cm³/mol. The summed E-state index contributed by atoms with van der Waals surface area (Å²) in [6.07, 6.45) is -0.00900. The van der Waals surface area contributed by atoms with Crippen LogP contribution in [0, 0.1) is 13.8 Å². The van der Waals surface area contributed by atoms with Crippen LogP contribution in [-0.4, -0.2) is 12.6 Å². The van der Waals surface area contributed by atoms with E-state index < -0.39 is 0 Å². The van der Waals surface area contributed by atoms with Gasteiger partial charge in [-0.2, -0.15) is 0 Å². The maximum atomic E-state index is 6.10. The van der Waals surface area contributed by atoms with Crippen LogP contribution >= 0.6 is 23.2 Å². The summed E-state index contributed by atoms with van der Waals surface area (Å²) in [6, 6.07) is 11.6. The van der Waals surface area contributed by atoms with Crippen LogP contribution in [0.2, 0.25) is 10.0 Å². The van der Waals surface area contributed by atoms with E-state index in [4.69, 9.17) is 27.9 Å². The first-order chi connectivity index (χ1) is 9.95. The van der Waals surface area contributed by atoms with Gasteiger partial charge in [-0.15, -0.1) is 0 Å². The molecule has 112 valence electrons. The number of anilines is 1. The summed E-state index contributed by atoms with van der Waals surface area (Å²) >= 11 is 12.0. The first kappa shape index (κ1) is 16.0. The summed E-state index contributed by atoms with van der Waals surface area (Å²) < 4.78 is 5.82. The summed E-state index contributed by atoms with van der Waals surface area (Å²) in [4.78, 5) is 0. The zero-order valence-corrected chi connectivity index (χ0v) is 13.9. The molecule has 2 aromatic carbocycles.